The molecule has 1 fully saturated rings. The summed E-state index contributed by atoms with van der Waals surface area (Å²) in [4.78, 5) is 8.22. The van der Waals surface area contributed by atoms with Gasteiger partial charge in [0, 0.05) is 0 Å². The highest BCUT2D eigenvalue weighted by molar-refractivity contribution is 6.30. The van der Waals surface area contributed by atoms with Gasteiger partial charge >= 0.3 is 0 Å². The first-order valence-corrected chi connectivity index (χ1v) is 6.76. The molecule has 3 nitrogen and oxygen atoms in total. The van der Waals surface area contributed by atoms with Gasteiger partial charge in [-0.3, -0.25) is 0 Å². The lowest BCUT2D eigenvalue weighted by atomic mass is 9.88. The van der Waals surface area contributed by atoms with Crippen LogP contribution in [-0.4, -0.2) is 16.1 Å². The highest BCUT2D eigenvalue weighted by Gasteiger charge is 2.24. The molecule has 17 heavy (non-hydrogen) atoms. The molecular formula is C13H19ClN2O. The van der Waals surface area contributed by atoms with Crippen LogP contribution in [-0.2, 0) is 6.42 Å². The number of rotatable bonds is 3. The number of halogens is 1. The molecule has 0 spiro atoms. The van der Waals surface area contributed by atoms with Gasteiger partial charge in [0.1, 0.15) is 17.6 Å². The first-order chi connectivity index (χ1) is 8.22. The van der Waals surface area contributed by atoms with Crippen molar-refractivity contribution in [3.8, 4) is 5.88 Å². The van der Waals surface area contributed by atoms with Crippen LogP contribution in [0.1, 0.15) is 45.1 Å². The zero-order valence-corrected chi connectivity index (χ0v) is 11.2. The molecule has 1 aliphatic carbocycles. The number of ether oxygens (including phenoxy) is 1. The van der Waals surface area contributed by atoms with E-state index in [1.807, 2.05) is 6.92 Å². The van der Waals surface area contributed by atoms with Crippen LogP contribution >= 0.6 is 11.6 Å². The van der Waals surface area contributed by atoms with Crippen LogP contribution in [0.5, 0.6) is 5.88 Å². The van der Waals surface area contributed by atoms with Gasteiger partial charge in [0.2, 0.25) is 5.88 Å². The third kappa shape index (κ3) is 2.89. The second kappa shape index (κ2) is 5.67. The molecule has 1 heterocycles. The number of aromatic nitrogens is 2. The molecular weight excluding hydrogens is 236 g/mol. The predicted octanol–water partition coefficient (Wildman–Crippen LogP) is 3.65. The van der Waals surface area contributed by atoms with E-state index in [4.69, 9.17) is 16.3 Å². The highest BCUT2D eigenvalue weighted by atomic mass is 35.5. The lowest BCUT2D eigenvalue weighted by Crippen LogP contribution is -2.29. The summed E-state index contributed by atoms with van der Waals surface area (Å²) >= 11 is 6.05. The summed E-state index contributed by atoms with van der Waals surface area (Å²) in [5.41, 5.74) is 0.923. The Bertz CT molecular complexity index is 384. The Morgan fingerprint density at radius 1 is 1.35 bits per heavy atom. The van der Waals surface area contributed by atoms with Gasteiger partial charge in [-0.05, 0) is 31.6 Å². The van der Waals surface area contributed by atoms with Gasteiger partial charge in [-0.2, -0.15) is 0 Å². The lowest BCUT2D eigenvalue weighted by molar-refractivity contribution is 0.0963. The normalized spacial score (nSPS) is 24.6. The summed E-state index contributed by atoms with van der Waals surface area (Å²) in [7, 11) is 0. The second-order valence-electron chi connectivity index (χ2n) is 4.72. The fraction of sp³-hybridized carbons (Fsp3) is 0.692. The number of hydrogen-bond donors (Lipinski definition) is 0. The summed E-state index contributed by atoms with van der Waals surface area (Å²) in [5, 5.41) is 0.515. The van der Waals surface area contributed by atoms with Gasteiger partial charge < -0.3 is 4.74 Å². The summed E-state index contributed by atoms with van der Waals surface area (Å²) in [5.74, 6) is 1.27. The Morgan fingerprint density at radius 3 is 2.82 bits per heavy atom. The Kier molecular flexibility index (Phi) is 4.21. The molecule has 0 radical (unpaired) electrons. The fourth-order valence-corrected chi connectivity index (χ4v) is 2.63. The molecule has 2 unspecified atom stereocenters. The van der Waals surface area contributed by atoms with Crippen molar-refractivity contribution in [2.75, 3.05) is 0 Å². The average molecular weight is 255 g/mol. The van der Waals surface area contributed by atoms with Gasteiger partial charge in [0.05, 0.1) is 5.56 Å². The van der Waals surface area contributed by atoms with E-state index >= 15 is 0 Å². The monoisotopic (exact) mass is 254 g/mol. The van der Waals surface area contributed by atoms with Gasteiger partial charge in [-0.1, -0.05) is 31.9 Å². The summed E-state index contributed by atoms with van der Waals surface area (Å²) in [6, 6.07) is 0. The fourth-order valence-electron chi connectivity index (χ4n) is 2.38. The third-order valence-electron chi connectivity index (χ3n) is 3.50. The first-order valence-electron chi connectivity index (χ1n) is 6.38. The van der Waals surface area contributed by atoms with Gasteiger partial charge in [0.25, 0.3) is 0 Å². The van der Waals surface area contributed by atoms with Crippen LogP contribution in [0, 0.1) is 5.92 Å². The molecule has 1 saturated carbocycles. The summed E-state index contributed by atoms with van der Waals surface area (Å²) in [6.45, 7) is 4.29. The molecule has 0 bridgehead atoms. The average Bonchev–Trinajstić information content (AvgIpc) is 2.32. The quantitative estimate of drug-likeness (QED) is 0.773. The van der Waals surface area contributed by atoms with Crippen LogP contribution in [0.4, 0.5) is 0 Å². The second-order valence-corrected chi connectivity index (χ2v) is 5.08. The third-order valence-corrected chi connectivity index (χ3v) is 3.83. The zero-order valence-electron chi connectivity index (χ0n) is 10.4. The molecule has 2 atom stereocenters. The van der Waals surface area contributed by atoms with E-state index in [1.165, 1.54) is 25.6 Å². The Balaban J connectivity index is 2.14. The Hall–Kier alpha value is -0.830. The maximum atomic E-state index is 6.05. The van der Waals surface area contributed by atoms with Crippen molar-refractivity contribution in [1.82, 2.24) is 9.97 Å². The van der Waals surface area contributed by atoms with E-state index in [1.54, 1.807) is 0 Å². The minimum atomic E-state index is 0.278. The predicted molar refractivity (Wildman–Crippen MR) is 68.5 cm³/mol. The molecule has 94 valence electrons. The van der Waals surface area contributed by atoms with Crippen molar-refractivity contribution in [1.29, 1.82) is 0 Å². The van der Waals surface area contributed by atoms with Crippen LogP contribution in [0.2, 0.25) is 5.15 Å². The summed E-state index contributed by atoms with van der Waals surface area (Å²) < 4.78 is 6.03. The van der Waals surface area contributed by atoms with Crippen molar-refractivity contribution in [2.24, 2.45) is 5.92 Å². The van der Waals surface area contributed by atoms with Gasteiger partial charge in [0.15, 0.2) is 0 Å². The maximum absolute atomic E-state index is 6.05. The molecule has 0 N–H and O–H groups in total. The molecule has 1 aromatic heterocycles. The molecule has 1 aromatic rings. The van der Waals surface area contributed by atoms with Crippen LogP contribution in [0.15, 0.2) is 6.33 Å². The minimum absolute atomic E-state index is 0.278. The minimum Gasteiger partial charge on any atom is -0.474 e. The van der Waals surface area contributed by atoms with Crippen LogP contribution in [0.3, 0.4) is 0 Å². The van der Waals surface area contributed by atoms with E-state index in [9.17, 15) is 0 Å². The molecule has 2 rings (SSSR count). The van der Waals surface area contributed by atoms with E-state index in [2.05, 4.69) is 16.9 Å². The standard InChI is InChI=1S/C13H19ClN2O/c1-3-10-12(14)15-8-16-13(10)17-11-7-5-4-6-9(11)2/h8-9,11H,3-7H2,1-2H3. The zero-order chi connectivity index (χ0) is 12.3. The highest BCUT2D eigenvalue weighted by Crippen LogP contribution is 2.30. The molecule has 0 aromatic carbocycles. The van der Waals surface area contributed by atoms with Crippen LogP contribution in [0.25, 0.3) is 0 Å². The van der Waals surface area contributed by atoms with E-state index in [0.29, 0.717) is 17.0 Å². The Labute approximate surface area is 108 Å². The van der Waals surface area contributed by atoms with E-state index in [0.717, 1.165) is 18.4 Å². The van der Waals surface area contributed by atoms with Gasteiger partial charge in [-0.15, -0.1) is 0 Å². The molecule has 4 heteroatoms. The lowest BCUT2D eigenvalue weighted by Gasteiger charge is -2.29. The van der Waals surface area contributed by atoms with Crippen molar-refractivity contribution in [3.63, 3.8) is 0 Å². The molecule has 0 amide bonds. The molecule has 0 saturated heterocycles. The van der Waals surface area contributed by atoms with E-state index < -0.39 is 0 Å². The van der Waals surface area contributed by atoms with Crippen molar-refractivity contribution >= 4 is 11.6 Å². The number of nitrogens with zero attached hydrogens (tertiary/aromatic N) is 2. The van der Waals surface area contributed by atoms with Crippen LogP contribution < -0.4 is 4.74 Å². The van der Waals surface area contributed by atoms with Crippen molar-refractivity contribution in [3.05, 3.63) is 17.0 Å². The number of hydrogen-bond acceptors (Lipinski definition) is 3. The van der Waals surface area contributed by atoms with Crippen molar-refractivity contribution in [2.45, 2.75) is 52.1 Å². The first kappa shape index (κ1) is 12.6. The van der Waals surface area contributed by atoms with Gasteiger partial charge in [-0.25, -0.2) is 9.97 Å². The maximum Gasteiger partial charge on any atom is 0.221 e. The topological polar surface area (TPSA) is 35.0 Å². The molecule has 1 aliphatic rings. The summed E-state index contributed by atoms with van der Waals surface area (Å²) in [6.07, 6.45) is 7.47. The Morgan fingerprint density at radius 2 is 2.12 bits per heavy atom. The smallest absolute Gasteiger partial charge is 0.221 e. The molecule has 0 aliphatic heterocycles. The SMILES string of the molecule is CCc1c(Cl)ncnc1OC1CCCCC1C. The van der Waals surface area contributed by atoms with E-state index in [-0.39, 0.29) is 6.10 Å². The largest absolute Gasteiger partial charge is 0.474 e. The van der Waals surface area contributed by atoms with Crippen molar-refractivity contribution < 1.29 is 4.74 Å².